The molecule has 13 heavy (non-hydrogen) atoms. The van der Waals surface area contributed by atoms with Gasteiger partial charge in [0.25, 0.3) is 5.91 Å². The van der Waals surface area contributed by atoms with E-state index in [2.05, 4.69) is 15.6 Å². The van der Waals surface area contributed by atoms with Crippen LogP contribution >= 0.6 is 0 Å². The number of aryl methyl sites for hydroxylation is 1. The van der Waals surface area contributed by atoms with Gasteiger partial charge in [0.15, 0.2) is 5.69 Å². The molecule has 6 heteroatoms. The molecule has 2 amide bonds. The van der Waals surface area contributed by atoms with Crippen LogP contribution in [0.2, 0.25) is 0 Å². The minimum Gasteiger partial charge on any atom is -0.354 e. The number of carbonyl (C=O) groups excluding carboxylic acids is 2. The largest absolute Gasteiger partial charge is 0.354 e. The molecule has 0 atom stereocenters. The molecule has 0 saturated heterocycles. The van der Waals surface area contributed by atoms with E-state index in [4.69, 9.17) is 0 Å². The Kier molecular flexibility index (Phi) is 2.63. The first-order chi connectivity index (χ1) is 6.20. The summed E-state index contributed by atoms with van der Waals surface area (Å²) >= 11 is 0. The van der Waals surface area contributed by atoms with Crippen molar-refractivity contribution in [1.82, 2.24) is 14.9 Å². The Morgan fingerprint density at radius 1 is 1.69 bits per heavy atom. The predicted molar refractivity (Wildman–Crippen MR) is 46.3 cm³/mol. The Morgan fingerprint density at radius 2 is 2.38 bits per heavy atom. The number of rotatable bonds is 3. The van der Waals surface area contributed by atoms with Crippen molar-refractivity contribution in [3.05, 3.63) is 12.0 Å². The first-order valence-electron chi connectivity index (χ1n) is 3.64. The summed E-state index contributed by atoms with van der Waals surface area (Å²) in [7, 11) is 3.19. The molecular formula is C7H10N4O2. The second kappa shape index (κ2) is 3.70. The van der Waals surface area contributed by atoms with E-state index in [0.717, 1.165) is 0 Å². The zero-order valence-electron chi connectivity index (χ0n) is 7.37. The monoisotopic (exact) mass is 182 g/mol. The quantitative estimate of drug-likeness (QED) is 0.610. The molecule has 0 aliphatic rings. The van der Waals surface area contributed by atoms with Crippen molar-refractivity contribution in [3.63, 3.8) is 0 Å². The van der Waals surface area contributed by atoms with Crippen molar-refractivity contribution in [1.29, 1.82) is 0 Å². The molecule has 0 saturated carbocycles. The van der Waals surface area contributed by atoms with Crippen molar-refractivity contribution in [2.45, 2.75) is 0 Å². The summed E-state index contributed by atoms with van der Waals surface area (Å²) < 4.78 is 1.55. The second-order valence-corrected chi connectivity index (χ2v) is 2.39. The number of imidazole rings is 1. The van der Waals surface area contributed by atoms with Crippen molar-refractivity contribution in [2.75, 3.05) is 12.4 Å². The summed E-state index contributed by atoms with van der Waals surface area (Å²) in [6.45, 7) is 0. The molecule has 2 N–H and O–H groups in total. The van der Waals surface area contributed by atoms with Gasteiger partial charge >= 0.3 is 0 Å². The number of hydrogen-bond donors (Lipinski definition) is 2. The van der Waals surface area contributed by atoms with E-state index in [1.807, 2.05) is 0 Å². The molecular weight excluding hydrogens is 172 g/mol. The van der Waals surface area contributed by atoms with E-state index in [-0.39, 0.29) is 11.6 Å². The van der Waals surface area contributed by atoms with Gasteiger partial charge in [0, 0.05) is 14.1 Å². The molecule has 0 spiro atoms. The lowest BCUT2D eigenvalue weighted by molar-refractivity contribution is -0.105. The molecule has 0 aromatic carbocycles. The number of carbonyl (C=O) groups is 2. The molecule has 1 aromatic rings. The van der Waals surface area contributed by atoms with Gasteiger partial charge in [-0.3, -0.25) is 9.59 Å². The summed E-state index contributed by atoms with van der Waals surface area (Å²) in [5.74, 6) is 0.0549. The summed E-state index contributed by atoms with van der Waals surface area (Å²) in [6.07, 6.45) is 1.96. The normalized spacial score (nSPS) is 9.38. The molecule has 0 bridgehead atoms. The Balaban J connectivity index is 3.06. The predicted octanol–water partition coefficient (Wildman–Crippen LogP) is -0.652. The molecule has 6 nitrogen and oxygen atoms in total. The van der Waals surface area contributed by atoms with Gasteiger partial charge in [0.05, 0.1) is 6.33 Å². The van der Waals surface area contributed by atoms with E-state index in [9.17, 15) is 9.59 Å². The molecule has 1 heterocycles. The van der Waals surface area contributed by atoms with Crippen LogP contribution in [0.15, 0.2) is 6.33 Å². The average Bonchev–Trinajstić information content (AvgIpc) is 2.48. The maximum atomic E-state index is 11.2. The number of hydrogen-bond acceptors (Lipinski definition) is 3. The highest BCUT2D eigenvalue weighted by Gasteiger charge is 2.14. The lowest BCUT2D eigenvalue weighted by Crippen LogP contribution is -2.20. The van der Waals surface area contributed by atoms with Gasteiger partial charge in [-0.2, -0.15) is 0 Å². The minimum atomic E-state index is -0.329. The van der Waals surface area contributed by atoms with Gasteiger partial charge < -0.3 is 15.2 Å². The number of aromatic nitrogens is 2. The number of amides is 2. The molecule has 70 valence electrons. The topological polar surface area (TPSA) is 76.0 Å². The Morgan fingerprint density at radius 3 is 2.92 bits per heavy atom. The van der Waals surface area contributed by atoms with Gasteiger partial charge in [-0.1, -0.05) is 0 Å². The van der Waals surface area contributed by atoms with Crippen molar-refractivity contribution < 1.29 is 9.59 Å². The Labute approximate surface area is 75.0 Å². The SMILES string of the molecule is CNC(=O)c1ncn(C)c1NC=O. The number of nitrogens with one attached hydrogen (secondary N) is 2. The van der Waals surface area contributed by atoms with Gasteiger partial charge in [-0.05, 0) is 0 Å². The third-order valence-electron chi connectivity index (χ3n) is 1.57. The zero-order chi connectivity index (χ0) is 9.84. The van der Waals surface area contributed by atoms with Gasteiger partial charge in [0.2, 0.25) is 6.41 Å². The number of nitrogens with zero attached hydrogens (tertiary/aromatic N) is 2. The highest BCUT2D eigenvalue weighted by Crippen LogP contribution is 2.11. The van der Waals surface area contributed by atoms with Crippen LogP contribution in [0.25, 0.3) is 0 Å². The summed E-state index contributed by atoms with van der Waals surface area (Å²) in [5.41, 5.74) is 0.206. The van der Waals surface area contributed by atoms with Crippen LogP contribution in [-0.2, 0) is 11.8 Å². The van der Waals surface area contributed by atoms with Crippen LogP contribution < -0.4 is 10.6 Å². The summed E-state index contributed by atoms with van der Waals surface area (Å²) in [5, 5.41) is 4.82. The van der Waals surface area contributed by atoms with Crippen LogP contribution in [0.1, 0.15) is 10.5 Å². The average molecular weight is 182 g/mol. The second-order valence-electron chi connectivity index (χ2n) is 2.39. The fourth-order valence-electron chi connectivity index (χ4n) is 0.941. The lowest BCUT2D eigenvalue weighted by atomic mass is 10.4. The van der Waals surface area contributed by atoms with Gasteiger partial charge in [0.1, 0.15) is 5.82 Å². The van der Waals surface area contributed by atoms with E-state index in [0.29, 0.717) is 12.2 Å². The number of anilines is 1. The fourth-order valence-corrected chi connectivity index (χ4v) is 0.941. The highest BCUT2D eigenvalue weighted by molar-refractivity contribution is 5.98. The first kappa shape index (κ1) is 9.24. The van der Waals surface area contributed by atoms with Crippen LogP contribution in [0, 0.1) is 0 Å². The maximum absolute atomic E-state index is 11.2. The van der Waals surface area contributed by atoms with Gasteiger partial charge in [-0.25, -0.2) is 4.98 Å². The third-order valence-corrected chi connectivity index (χ3v) is 1.57. The first-order valence-corrected chi connectivity index (χ1v) is 3.64. The molecule has 1 aromatic heterocycles. The van der Waals surface area contributed by atoms with Crippen LogP contribution in [0.5, 0.6) is 0 Å². The summed E-state index contributed by atoms with van der Waals surface area (Å²) in [4.78, 5) is 25.2. The lowest BCUT2D eigenvalue weighted by Gasteiger charge is -2.01. The van der Waals surface area contributed by atoms with Crippen molar-refractivity contribution in [3.8, 4) is 0 Å². The smallest absolute Gasteiger partial charge is 0.273 e. The molecule has 0 radical (unpaired) electrons. The minimum absolute atomic E-state index is 0.206. The maximum Gasteiger partial charge on any atom is 0.273 e. The van der Waals surface area contributed by atoms with Crippen molar-refractivity contribution in [2.24, 2.45) is 7.05 Å². The van der Waals surface area contributed by atoms with Gasteiger partial charge in [-0.15, -0.1) is 0 Å². The standard InChI is InChI=1S/C7H10N4O2/c1-8-7(13)5-6(10-4-12)11(2)3-9-5/h3-4H,1-2H3,(H,8,13)(H,10,12). The molecule has 1 rings (SSSR count). The van der Waals surface area contributed by atoms with Crippen LogP contribution in [0.3, 0.4) is 0 Å². The highest BCUT2D eigenvalue weighted by atomic mass is 16.2. The van der Waals surface area contributed by atoms with E-state index in [1.165, 1.54) is 13.4 Å². The van der Waals surface area contributed by atoms with E-state index < -0.39 is 0 Å². The molecule has 0 fully saturated rings. The van der Waals surface area contributed by atoms with E-state index in [1.54, 1.807) is 11.6 Å². The molecule has 0 aliphatic heterocycles. The van der Waals surface area contributed by atoms with Crippen molar-refractivity contribution >= 4 is 18.1 Å². The molecule has 0 unspecified atom stereocenters. The Bertz CT molecular complexity index is 331. The Hall–Kier alpha value is -1.85. The van der Waals surface area contributed by atoms with E-state index >= 15 is 0 Å². The van der Waals surface area contributed by atoms with Crippen LogP contribution in [0.4, 0.5) is 5.82 Å². The molecule has 0 aliphatic carbocycles. The fraction of sp³-hybridized carbons (Fsp3) is 0.286. The summed E-state index contributed by atoms with van der Waals surface area (Å²) in [6, 6.07) is 0. The zero-order valence-corrected chi connectivity index (χ0v) is 7.37. The third kappa shape index (κ3) is 1.66. The van der Waals surface area contributed by atoms with Crippen LogP contribution in [-0.4, -0.2) is 28.9 Å².